The average Bonchev–Trinajstić information content (AvgIpc) is 3.18. The van der Waals surface area contributed by atoms with Crippen molar-refractivity contribution in [3.63, 3.8) is 0 Å². The fourth-order valence-corrected chi connectivity index (χ4v) is 4.51. The summed E-state index contributed by atoms with van der Waals surface area (Å²) in [4.78, 5) is 54.1. The zero-order valence-electron chi connectivity index (χ0n) is 20.6. The van der Waals surface area contributed by atoms with Gasteiger partial charge in [-0.1, -0.05) is 66.2 Å². The molecule has 1 atom stereocenters. The molecule has 0 bridgehead atoms. The van der Waals surface area contributed by atoms with Crippen molar-refractivity contribution in [3.8, 4) is 0 Å². The van der Waals surface area contributed by atoms with Crippen molar-refractivity contribution < 1.29 is 23.9 Å². The molecule has 0 fully saturated rings. The van der Waals surface area contributed by atoms with Crippen molar-refractivity contribution in [1.82, 2.24) is 0 Å². The summed E-state index contributed by atoms with van der Waals surface area (Å²) < 4.78 is 5.71. The molecule has 1 heterocycles. The lowest BCUT2D eigenvalue weighted by Crippen LogP contribution is -2.30. The Hall–Kier alpha value is -4.55. The minimum Gasteiger partial charge on any atom is -0.445 e. The van der Waals surface area contributed by atoms with Gasteiger partial charge in [-0.25, -0.2) is 9.69 Å². The first-order chi connectivity index (χ1) is 18.2. The van der Waals surface area contributed by atoms with Gasteiger partial charge in [-0.3, -0.25) is 14.4 Å². The summed E-state index contributed by atoms with van der Waals surface area (Å²) in [5.41, 5.74) is 3.34. The number of carbonyl (C=O) groups excluding carboxylic acids is 4. The number of fused-ring (bicyclic) bond motifs is 1. The second-order valence-electron chi connectivity index (χ2n) is 9.06. The molecule has 4 aromatic rings. The monoisotopic (exact) mass is 523 g/mol. The van der Waals surface area contributed by atoms with Crippen LogP contribution in [0.25, 0.3) is 0 Å². The Bertz CT molecular complexity index is 1590. The highest BCUT2D eigenvalue weighted by atomic mass is 35.5. The lowest BCUT2D eigenvalue weighted by atomic mass is 9.99. The SMILES string of the molecule is Cc1ccc(C)c(N2C(=O)c3ccc(C(=O)O[C@@H](C(=O)c4ccccc4)c4ccc(Cl)cc4)cc3C2=O)c1. The molecule has 0 N–H and O–H groups in total. The first-order valence-corrected chi connectivity index (χ1v) is 12.3. The van der Waals surface area contributed by atoms with E-state index in [1.807, 2.05) is 26.0 Å². The molecule has 1 aliphatic heterocycles. The van der Waals surface area contributed by atoms with E-state index >= 15 is 0 Å². The van der Waals surface area contributed by atoms with E-state index in [2.05, 4.69) is 0 Å². The normalized spacial score (nSPS) is 13.3. The molecule has 0 radical (unpaired) electrons. The van der Waals surface area contributed by atoms with E-state index in [9.17, 15) is 19.2 Å². The Balaban J connectivity index is 1.46. The van der Waals surface area contributed by atoms with Crippen molar-refractivity contribution in [2.75, 3.05) is 4.90 Å². The van der Waals surface area contributed by atoms with Crippen molar-refractivity contribution in [2.45, 2.75) is 20.0 Å². The fraction of sp³-hybridized carbons (Fsp3) is 0.0968. The predicted octanol–water partition coefficient (Wildman–Crippen LogP) is 6.54. The summed E-state index contributed by atoms with van der Waals surface area (Å²) in [6.07, 6.45) is -1.24. The largest absolute Gasteiger partial charge is 0.445 e. The van der Waals surface area contributed by atoms with Crippen molar-refractivity contribution in [2.24, 2.45) is 0 Å². The Morgan fingerprint density at radius 2 is 1.45 bits per heavy atom. The quantitative estimate of drug-likeness (QED) is 0.163. The van der Waals surface area contributed by atoms with Crippen molar-refractivity contribution in [1.29, 1.82) is 0 Å². The number of halogens is 1. The lowest BCUT2D eigenvalue weighted by molar-refractivity contribution is 0.0280. The molecule has 38 heavy (non-hydrogen) atoms. The van der Waals surface area contributed by atoms with Gasteiger partial charge in [0.1, 0.15) is 0 Å². The minimum atomic E-state index is -1.24. The highest BCUT2D eigenvalue weighted by Crippen LogP contribution is 2.32. The first kappa shape index (κ1) is 25.1. The molecule has 188 valence electrons. The Kier molecular flexibility index (Phi) is 6.66. The molecule has 0 saturated heterocycles. The van der Waals surface area contributed by atoms with Gasteiger partial charge >= 0.3 is 5.97 Å². The highest BCUT2D eigenvalue weighted by Gasteiger charge is 2.38. The summed E-state index contributed by atoms with van der Waals surface area (Å²) in [5, 5.41) is 0.473. The molecule has 0 spiro atoms. The number of ketones is 1. The third-order valence-electron chi connectivity index (χ3n) is 6.42. The van der Waals surface area contributed by atoms with E-state index in [-0.39, 0.29) is 16.7 Å². The molecule has 0 aliphatic carbocycles. The number of aryl methyl sites for hydroxylation is 2. The number of imide groups is 1. The molecule has 0 aromatic heterocycles. The molecule has 1 aliphatic rings. The van der Waals surface area contributed by atoms with Crippen LogP contribution in [0.1, 0.15) is 64.2 Å². The molecular formula is C31H22ClNO5. The number of rotatable bonds is 6. The Morgan fingerprint density at radius 1 is 0.763 bits per heavy atom. The number of nitrogens with zero attached hydrogens (tertiary/aromatic N) is 1. The topological polar surface area (TPSA) is 80.8 Å². The maximum atomic E-state index is 13.3. The van der Waals surface area contributed by atoms with Crippen LogP contribution in [0.2, 0.25) is 5.02 Å². The molecule has 5 rings (SSSR count). The van der Waals surface area contributed by atoms with Crippen LogP contribution < -0.4 is 4.90 Å². The zero-order valence-corrected chi connectivity index (χ0v) is 21.4. The minimum absolute atomic E-state index is 0.0486. The highest BCUT2D eigenvalue weighted by molar-refractivity contribution is 6.35. The fourth-order valence-electron chi connectivity index (χ4n) is 4.39. The third kappa shape index (κ3) is 4.62. The van der Waals surface area contributed by atoms with Gasteiger partial charge in [0.15, 0.2) is 6.10 Å². The molecule has 6 nitrogen and oxygen atoms in total. The first-order valence-electron chi connectivity index (χ1n) is 11.9. The van der Waals surface area contributed by atoms with Crippen LogP contribution in [0, 0.1) is 13.8 Å². The van der Waals surface area contributed by atoms with Gasteiger partial charge in [-0.2, -0.15) is 0 Å². The summed E-state index contributed by atoms with van der Waals surface area (Å²) in [5.74, 6) is -2.20. The number of benzene rings is 4. The maximum absolute atomic E-state index is 13.3. The number of amides is 2. The molecular weight excluding hydrogens is 502 g/mol. The Labute approximate surface area is 224 Å². The van der Waals surface area contributed by atoms with E-state index in [1.165, 1.54) is 18.2 Å². The van der Waals surface area contributed by atoms with E-state index < -0.39 is 29.7 Å². The molecule has 4 aromatic carbocycles. The number of carbonyl (C=O) groups is 4. The van der Waals surface area contributed by atoms with Crippen LogP contribution in [0.5, 0.6) is 0 Å². The lowest BCUT2D eigenvalue weighted by Gasteiger charge is -2.18. The van der Waals surface area contributed by atoms with E-state index in [0.29, 0.717) is 21.8 Å². The number of hydrogen-bond acceptors (Lipinski definition) is 5. The average molecular weight is 524 g/mol. The van der Waals surface area contributed by atoms with E-state index in [1.54, 1.807) is 60.7 Å². The number of anilines is 1. The third-order valence-corrected chi connectivity index (χ3v) is 6.67. The standard InChI is InChI=1S/C31H22ClNO5/c1-18-8-9-19(2)26(16-18)33-29(35)24-15-12-22(17-25(24)30(33)36)31(37)38-28(21-10-13-23(32)14-11-21)27(34)20-6-4-3-5-7-20/h3-17,28H,1-2H3/t28-/m1/s1. The predicted molar refractivity (Wildman–Crippen MR) is 144 cm³/mol. The van der Waals surface area contributed by atoms with Gasteiger partial charge in [-0.15, -0.1) is 0 Å². The van der Waals surface area contributed by atoms with Gasteiger partial charge in [-0.05, 0) is 61.4 Å². The Morgan fingerprint density at radius 3 is 2.16 bits per heavy atom. The number of ether oxygens (including phenoxy) is 1. The number of Topliss-reactive ketones (excluding diaryl/α,β-unsaturated/α-hetero) is 1. The maximum Gasteiger partial charge on any atom is 0.339 e. The van der Waals surface area contributed by atoms with Gasteiger partial charge in [0.2, 0.25) is 5.78 Å². The summed E-state index contributed by atoms with van der Waals surface area (Å²) in [6.45, 7) is 3.70. The van der Waals surface area contributed by atoms with E-state index in [0.717, 1.165) is 16.0 Å². The van der Waals surface area contributed by atoms with Crippen LogP contribution in [0.4, 0.5) is 5.69 Å². The van der Waals surface area contributed by atoms with Gasteiger partial charge in [0.05, 0.1) is 22.4 Å². The smallest absolute Gasteiger partial charge is 0.339 e. The summed E-state index contributed by atoms with van der Waals surface area (Å²) in [6, 6.07) is 24.7. The van der Waals surface area contributed by atoms with Crippen LogP contribution in [0.3, 0.4) is 0 Å². The molecule has 0 unspecified atom stereocenters. The van der Waals surface area contributed by atoms with Gasteiger partial charge < -0.3 is 4.74 Å². The van der Waals surface area contributed by atoms with Gasteiger partial charge in [0, 0.05) is 16.1 Å². The number of esters is 1. The second-order valence-corrected chi connectivity index (χ2v) is 9.50. The van der Waals surface area contributed by atoms with Crippen LogP contribution in [-0.4, -0.2) is 23.6 Å². The van der Waals surface area contributed by atoms with Crippen LogP contribution >= 0.6 is 11.6 Å². The van der Waals surface area contributed by atoms with Gasteiger partial charge in [0.25, 0.3) is 11.8 Å². The van der Waals surface area contributed by atoms with Crippen molar-refractivity contribution >= 4 is 40.9 Å². The van der Waals surface area contributed by atoms with Crippen molar-refractivity contribution in [3.05, 3.63) is 135 Å². The van der Waals surface area contributed by atoms with Crippen LogP contribution in [0.15, 0.2) is 91.0 Å². The molecule has 7 heteroatoms. The summed E-state index contributed by atoms with van der Waals surface area (Å²) in [7, 11) is 0. The van der Waals surface area contributed by atoms with E-state index in [4.69, 9.17) is 16.3 Å². The second kappa shape index (κ2) is 10.1. The summed E-state index contributed by atoms with van der Waals surface area (Å²) >= 11 is 6.01. The molecule has 2 amide bonds. The zero-order chi connectivity index (χ0) is 27.0. The van der Waals surface area contributed by atoms with Crippen LogP contribution in [-0.2, 0) is 4.74 Å². The number of hydrogen-bond donors (Lipinski definition) is 0. The molecule has 0 saturated carbocycles.